The van der Waals surface area contributed by atoms with Gasteiger partial charge in [0.05, 0.1) is 23.1 Å². The minimum atomic E-state index is -2.89. The summed E-state index contributed by atoms with van der Waals surface area (Å²) in [5.74, 6) is 0.612. The lowest BCUT2D eigenvalue weighted by molar-refractivity contribution is 0.196. The molecular formula is C27H34N4O2S. The van der Waals surface area contributed by atoms with Crippen molar-refractivity contribution in [1.29, 1.82) is 5.26 Å². The molecule has 0 radical (unpaired) electrons. The molecule has 0 amide bonds. The van der Waals surface area contributed by atoms with Crippen LogP contribution >= 0.6 is 0 Å². The highest BCUT2D eigenvalue weighted by Crippen LogP contribution is 2.31. The lowest BCUT2D eigenvalue weighted by Gasteiger charge is -2.31. The van der Waals surface area contributed by atoms with Crippen LogP contribution < -0.4 is 5.32 Å². The second kappa shape index (κ2) is 10.6. The largest absolute Gasteiger partial charge is 0.361 e. The molecule has 0 bridgehead atoms. The zero-order chi connectivity index (χ0) is 24.1. The highest BCUT2D eigenvalue weighted by atomic mass is 32.2. The van der Waals surface area contributed by atoms with Gasteiger partial charge in [0.2, 0.25) is 0 Å². The Hall–Kier alpha value is -2.82. The summed E-state index contributed by atoms with van der Waals surface area (Å²) in [4.78, 5) is 5.67. The molecule has 1 fully saturated rings. The number of allylic oxidation sites excluding steroid dienone is 3. The molecule has 2 N–H and O–H groups in total. The summed E-state index contributed by atoms with van der Waals surface area (Å²) in [6, 6.07) is 8.62. The predicted octanol–water partition coefficient (Wildman–Crippen LogP) is 5.09. The number of piperidine rings is 1. The van der Waals surface area contributed by atoms with Crippen molar-refractivity contribution in [2.45, 2.75) is 39.0 Å². The van der Waals surface area contributed by atoms with E-state index in [0.29, 0.717) is 11.7 Å². The molecule has 0 unspecified atom stereocenters. The number of hydrogen-bond donors (Lipinski definition) is 2. The van der Waals surface area contributed by atoms with Gasteiger partial charge in [-0.3, -0.25) is 0 Å². The maximum Gasteiger partial charge on any atom is 0.147 e. The van der Waals surface area contributed by atoms with Crippen LogP contribution in [0, 0.1) is 24.2 Å². The molecule has 7 heteroatoms. The van der Waals surface area contributed by atoms with Crippen LogP contribution in [0.4, 0.5) is 5.69 Å². The first-order valence-electron chi connectivity index (χ1n) is 12.1. The molecule has 2 aliphatic rings. The fraction of sp³-hybridized carbons (Fsp3) is 0.444. The monoisotopic (exact) mass is 478 g/mol. The maximum absolute atomic E-state index is 11.5. The molecule has 0 spiro atoms. The summed E-state index contributed by atoms with van der Waals surface area (Å²) in [5, 5.41) is 14.5. The lowest BCUT2D eigenvalue weighted by atomic mass is 9.95. The number of nitrogens with one attached hydrogen (secondary N) is 2. The van der Waals surface area contributed by atoms with Crippen LogP contribution in [-0.4, -0.2) is 49.9 Å². The molecule has 6 nitrogen and oxygen atoms in total. The Morgan fingerprint density at radius 3 is 2.79 bits per heavy atom. The number of aromatic amines is 1. The number of anilines is 1. The van der Waals surface area contributed by atoms with Crippen LogP contribution in [0.2, 0.25) is 0 Å². The van der Waals surface area contributed by atoms with Gasteiger partial charge < -0.3 is 15.2 Å². The second-order valence-corrected chi connectivity index (χ2v) is 11.7. The molecule has 180 valence electrons. The van der Waals surface area contributed by atoms with Crippen molar-refractivity contribution < 1.29 is 8.42 Å². The van der Waals surface area contributed by atoms with Crippen molar-refractivity contribution in [2.75, 3.05) is 37.0 Å². The lowest BCUT2D eigenvalue weighted by Crippen LogP contribution is -2.36. The smallest absolute Gasteiger partial charge is 0.147 e. The van der Waals surface area contributed by atoms with Crippen LogP contribution in [0.25, 0.3) is 10.9 Å². The summed E-state index contributed by atoms with van der Waals surface area (Å²) in [7, 11) is -2.89. The van der Waals surface area contributed by atoms with E-state index < -0.39 is 9.84 Å². The van der Waals surface area contributed by atoms with Crippen molar-refractivity contribution in [3.05, 3.63) is 65.0 Å². The molecule has 4 rings (SSSR count). The average molecular weight is 479 g/mol. The van der Waals surface area contributed by atoms with Gasteiger partial charge in [0.25, 0.3) is 0 Å². The van der Waals surface area contributed by atoms with Gasteiger partial charge in [0.15, 0.2) is 0 Å². The molecule has 1 aromatic heterocycles. The second-order valence-electron chi connectivity index (χ2n) is 9.53. The van der Waals surface area contributed by atoms with Gasteiger partial charge in [-0.25, -0.2) is 8.42 Å². The van der Waals surface area contributed by atoms with Gasteiger partial charge in [-0.1, -0.05) is 18.2 Å². The number of aromatic nitrogens is 1. The number of benzene rings is 1. The van der Waals surface area contributed by atoms with Crippen molar-refractivity contribution >= 4 is 26.4 Å². The van der Waals surface area contributed by atoms with Gasteiger partial charge in [0, 0.05) is 35.6 Å². The number of likely N-dealkylation sites (tertiary alicyclic amines) is 1. The standard InChI is InChI=1S/C27H34N4O2S/c1-20-24-11-14-29-26(24)10-9-25(20)30-27-22(7-5-8-23(27)18-28)6-3-4-15-31-16-12-21(13-17-31)19-34(2,32)33/h3,6-7,9-11,14,21,29-30H,4-5,8,12-13,15-17,19H2,1-2H3/b6-3+. The molecule has 0 atom stereocenters. The molecule has 2 aromatic rings. The predicted molar refractivity (Wildman–Crippen MR) is 139 cm³/mol. The summed E-state index contributed by atoms with van der Waals surface area (Å²) < 4.78 is 23.1. The van der Waals surface area contributed by atoms with E-state index in [9.17, 15) is 13.7 Å². The number of hydrogen-bond acceptors (Lipinski definition) is 5. The van der Waals surface area contributed by atoms with Crippen LogP contribution in [0.5, 0.6) is 0 Å². The Morgan fingerprint density at radius 1 is 1.26 bits per heavy atom. The summed E-state index contributed by atoms with van der Waals surface area (Å²) in [6.07, 6.45) is 14.3. The minimum absolute atomic E-state index is 0.298. The normalized spacial score (nSPS) is 18.4. The third-order valence-corrected chi connectivity index (χ3v) is 7.98. The van der Waals surface area contributed by atoms with Gasteiger partial charge in [-0.05, 0) is 87.4 Å². The van der Waals surface area contributed by atoms with Crippen molar-refractivity contribution in [3.8, 4) is 6.07 Å². The number of sulfone groups is 1. The van der Waals surface area contributed by atoms with Crippen LogP contribution in [-0.2, 0) is 9.84 Å². The highest BCUT2D eigenvalue weighted by Gasteiger charge is 2.22. The molecular weight excluding hydrogens is 444 g/mol. The summed E-state index contributed by atoms with van der Waals surface area (Å²) >= 11 is 0. The first kappa shape index (κ1) is 24.3. The zero-order valence-electron chi connectivity index (χ0n) is 20.1. The quantitative estimate of drug-likeness (QED) is 0.552. The average Bonchev–Trinajstić information content (AvgIpc) is 3.29. The molecule has 1 aromatic carbocycles. The first-order chi connectivity index (χ1) is 16.3. The van der Waals surface area contributed by atoms with E-state index in [-0.39, 0.29) is 0 Å². The molecule has 1 saturated heterocycles. The van der Waals surface area contributed by atoms with Gasteiger partial charge in [0.1, 0.15) is 9.84 Å². The van der Waals surface area contributed by atoms with Gasteiger partial charge >= 0.3 is 0 Å². The van der Waals surface area contributed by atoms with Gasteiger partial charge in [-0.2, -0.15) is 5.26 Å². The molecule has 1 aliphatic heterocycles. The van der Waals surface area contributed by atoms with Crippen molar-refractivity contribution in [2.24, 2.45) is 5.92 Å². The Labute approximate surface area is 203 Å². The number of nitriles is 1. The van der Waals surface area contributed by atoms with E-state index in [1.165, 1.54) is 11.6 Å². The molecule has 34 heavy (non-hydrogen) atoms. The Kier molecular flexibility index (Phi) is 7.60. The highest BCUT2D eigenvalue weighted by molar-refractivity contribution is 7.90. The third-order valence-electron chi connectivity index (χ3n) is 6.90. The molecule has 1 aliphatic carbocycles. The third kappa shape index (κ3) is 5.99. The van der Waals surface area contributed by atoms with E-state index in [0.717, 1.165) is 85.3 Å². The van der Waals surface area contributed by atoms with E-state index in [1.54, 1.807) is 0 Å². The number of nitrogens with zero attached hydrogens (tertiary/aromatic N) is 2. The maximum atomic E-state index is 11.5. The van der Waals surface area contributed by atoms with Gasteiger partial charge in [-0.15, -0.1) is 0 Å². The van der Waals surface area contributed by atoms with Crippen LogP contribution in [0.1, 0.15) is 37.7 Å². The SMILES string of the molecule is Cc1c(NC2=C(C#N)CCC=C2/C=C/CCN2CCC(CS(C)(=O)=O)CC2)ccc2[nH]ccc12. The number of aryl methyl sites for hydroxylation is 1. The Morgan fingerprint density at radius 2 is 2.06 bits per heavy atom. The number of fused-ring (bicyclic) bond motifs is 1. The zero-order valence-corrected chi connectivity index (χ0v) is 20.9. The fourth-order valence-electron chi connectivity index (χ4n) is 5.01. The van der Waals surface area contributed by atoms with Crippen molar-refractivity contribution in [3.63, 3.8) is 0 Å². The van der Waals surface area contributed by atoms with E-state index >= 15 is 0 Å². The number of H-pyrrole nitrogens is 1. The van der Waals surface area contributed by atoms with E-state index in [4.69, 9.17) is 0 Å². The summed E-state index contributed by atoms with van der Waals surface area (Å²) in [5.41, 5.74) is 6.07. The Balaban J connectivity index is 1.37. The van der Waals surface area contributed by atoms with E-state index in [2.05, 4.69) is 64.6 Å². The van der Waals surface area contributed by atoms with Crippen molar-refractivity contribution in [1.82, 2.24) is 9.88 Å². The topological polar surface area (TPSA) is 89.0 Å². The molecule has 2 heterocycles. The first-order valence-corrected chi connectivity index (χ1v) is 14.1. The molecule has 0 saturated carbocycles. The fourth-order valence-corrected chi connectivity index (χ4v) is 6.20. The van der Waals surface area contributed by atoms with Crippen LogP contribution in [0.15, 0.2) is 59.5 Å². The summed E-state index contributed by atoms with van der Waals surface area (Å²) in [6.45, 7) is 4.99. The number of rotatable bonds is 8. The Bertz CT molecular complexity index is 1270. The minimum Gasteiger partial charge on any atom is -0.361 e. The van der Waals surface area contributed by atoms with Crippen LogP contribution in [0.3, 0.4) is 0 Å². The van der Waals surface area contributed by atoms with E-state index in [1.807, 2.05) is 6.20 Å².